The predicted molar refractivity (Wildman–Crippen MR) is 102 cm³/mol. The Kier molecular flexibility index (Phi) is 6.50. The zero-order valence-corrected chi connectivity index (χ0v) is 15.9. The van der Waals surface area contributed by atoms with Gasteiger partial charge >= 0.3 is 6.18 Å². The maximum atomic E-state index is 12.7. The van der Waals surface area contributed by atoms with Crippen LogP contribution in [0.3, 0.4) is 0 Å². The Hall–Kier alpha value is -2.52. The third kappa shape index (κ3) is 5.01. The van der Waals surface area contributed by atoms with Gasteiger partial charge in [-0.3, -0.25) is 4.99 Å². The van der Waals surface area contributed by atoms with Crippen LogP contribution in [0.1, 0.15) is 42.0 Å². The van der Waals surface area contributed by atoms with Gasteiger partial charge in [0.1, 0.15) is 0 Å². The number of nitrogens with one attached hydrogen (secondary N) is 1. The van der Waals surface area contributed by atoms with Gasteiger partial charge < -0.3 is 5.32 Å². The van der Waals surface area contributed by atoms with Crippen molar-refractivity contribution in [3.05, 3.63) is 63.7 Å². The molecular weight excluding hydrogens is 375 g/mol. The van der Waals surface area contributed by atoms with Gasteiger partial charge in [-0.05, 0) is 61.7 Å². The van der Waals surface area contributed by atoms with Gasteiger partial charge in [0, 0.05) is 6.54 Å². The van der Waals surface area contributed by atoms with E-state index in [1.165, 1.54) is 12.1 Å². The smallest absolute Gasteiger partial charge is 0.343 e. The molecule has 1 atom stereocenters. The van der Waals surface area contributed by atoms with Gasteiger partial charge in [0.15, 0.2) is 0 Å². The van der Waals surface area contributed by atoms with Crippen LogP contribution in [0.15, 0.2) is 41.4 Å². The Morgan fingerprint density at radius 2 is 1.89 bits per heavy atom. The number of aryl methyl sites for hydroxylation is 1. The molecule has 2 rings (SSSR count). The third-order valence-electron chi connectivity index (χ3n) is 4.08. The highest BCUT2D eigenvalue weighted by molar-refractivity contribution is 6.33. The molecule has 0 saturated heterocycles. The van der Waals surface area contributed by atoms with E-state index in [1.807, 2.05) is 20.8 Å². The molecule has 0 heterocycles. The van der Waals surface area contributed by atoms with E-state index in [9.17, 15) is 18.4 Å². The summed E-state index contributed by atoms with van der Waals surface area (Å²) >= 11 is 6.34. The van der Waals surface area contributed by atoms with Gasteiger partial charge in [-0.25, -0.2) is 0 Å². The summed E-state index contributed by atoms with van der Waals surface area (Å²) in [7, 11) is 0. The molecule has 0 saturated carbocycles. The summed E-state index contributed by atoms with van der Waals surface area (Å²) in [5, 5.41) is 13.1. The van der Waals surface area contributed by atoms with Crippen molar-refractivity contribution in [3.8, 4) is 6.07 Å². The minimum absolute atomic E-state index is 0.411. The summed E-state index contributed by atoms with van der Waals surface area (Å²) in [6.45, 7) is 6.21. The van der Waals surface area contributed by atoms with Crippen molar-refractivity contribution in [2.24, 2.45) is 4.99 Å². The van der Waals surface area contributed by atoms with Crippen molar-refractivity contribution in [2.45, 2.75) is 32.9 Å². The Bertz CT molecular complexity index is 881. The van der Waals surface area contributed by atoms with E-state index in [1.54, 1.807) is 12.1 Å². The van der Waals surface area contributed by atoms with Crippen LogP contribution in [0.4, 0.5) is 18.9 Å². The first-order valence-corrected chi connectivity index (χ1v) is 8.70. The fourth-order valence-electron chi connectivity index (χ4n) is 2.76. The number of nitriles is 1. The summed E-state index contributed by atoms with van der Waals surface area (Å²) in [5.74, 6) is -0.00429. The first-order chi connectivity index (χ1) is 12.7. The van der Waals surface area contributed by atoms with E-state index in [-0.39, 0.29) is 0 Å². The monoisotopic (exact) mass is 393 g/mol. The van der Waals surface area contributed by atoms with Crippen LogP contribution >= 0.6 is 11.6 Å². The Balaban J connectivity index is 2.39. The summed E-state index contributed by atoms with van der Waals surface area (Å²) in [5.41, 5.74) is 1.85. The van der Waals surface area contributed by atoms with Crippen LogP contribution in [0.5, 0.6) is 0 Å². The molecule has 0 radical (unpaired) electrons. The van der Waals surface area contributed by atoms with Gasteiger partial charge in [0.25, 0.3) is 0 Å². The largest absolute Gasteiger partial charge is 0.416 e. The van der Waals surface area contributed by atoms with Crippen molar-refractivity contribution in [3.63, 3.8) is 0 Å². The lowest BCUT2D eigenvalue weighted by atomic mass is 9.89. The molecule has 0 bridgehead atoms. The lowest BCUT2D eigenvalue weighted by Gasteiger charge is -2.17. The molecule has 0 aliphatic carbocycles. The molecule has 1 N–H and O–H groups in total. The lowest BCUT2D eigenvalue weighted by Crippen LogP contribution is -2.10. The molecule has 0 aliphatic heterocycles. The number of hydrogen-bond acceptors (Lipinski definition) is 2. The fraction of sp³-hybridized carbons (Fsp3) is 0.300. The van der Waals surface area contributed by atoms with E-state index < -0.39 is 17.7 Å². The van der Waals surface area contributed by atoms with Crippen molar-refractivity contribution in [1.29, 1.82) is 5.26 Å². The molecule has 2 aromatic carbocycles. The molecule has 7 heteroatoms. The standard InChI is InChI=1S/C20H19ClF3N3/c1-4-26-13(3)27-19-9-12(2)16(10-18(19)21)17(11-25)14-5-7-15(8-6-14)20(22,23)24/h5-10,17H,4H2,1-3H3,(H,26,27). The molecule has 3 nitrogen and oxygen atoms in total. The van der Waals surface area contributed by atoms with Crippen LogP contribution in [0.2, 0.25) is 5.02 Å². The summed E-state index contributed by atoms with van der Waals surface area (Å²) in [4.78, 5) is 4.24. The summed E-state index contributed by atoms with van der Waals surface area (Å²) < 4.78 is 38.2. The number of alkyl halides is 3. The maximum absolute atomic E-state index is 12.7. The zero-order chi connectivity index (χ0) is 20.2. The Morgan fingerprint density at radius 1 is 1.26 bits per heavy atom. The fourth-order valence-corrected chi connectivity index (χ4v) is 2.98. The minimum atomic E-state index is -4.41. The topological polar surface area (TPSA) is 48.2 Å². The molecule has 2 aromatic rings. The van der Waals surface area contributed by atoms with Crippen LogP contribution in [-0.2, 0) is 6.18 Å². The predicted octanol–water partition coefficient (Wildman–Crippen LogP) is 6.17. The second-order valence-corrected chi connectivity index (χ2v) is 6.46. The van der Waals surface area contributed by atoms with Gasteiger partial charge in [-0.1, -0.05) is 23.7 Å². The minimum Gasteiger partial charge on any atom is -0.343 e. The van der Waals surface area contributed by atoms with E-state index >= 15 is 0 Å². The maximum Gasteiger partial charge on any atom is 0.416 e. The van der Waals surface area contributed by atoms with Crippen LogP contribution in [0, 0.1) is 18.3 Å². The van der Waals surface area contributed by atoms with E-state index in [2.05, 4.69) is 16.4 Å². The number of amidine groups is 1. The number of nitrogens with zero attached hydrogens (tertiary/aromatic N) is 2. The van der Waals surface area contributed by atoms with Crippen LogP contribution in [-0.4, -0.2) is 12.4 Å². The normalized spacial score (nSPS) is 13.2. The molecule has 142 valence electrons. The number of hydrogen-bond donors (Lipinski definition) is 1. The van der Waals surface area contributed by atoms with E-state index in [4.69, 9.17) is 11.6 Å². The highest BCUT2D eigenvalue weighted by Gasteiger charge is 2.30. The lowest BCUT2D eigenvalue weighted by molar-refractivity contribution is -0.137. The average molecular weight is 394 g/mol. The highest BCUT2D eigenvalue weighted by atomic mass is 35.5. The van der Waals surface area contributed by atoms with Gasteiger partial charge in [-0.15, -0.1) is 0 Å². The van der Waals surface area contributed by atoms with Crippen molar-refractivity contribution in [1.82, 2.24) is 0 Å². The van der Waals surface area contributed by atoms with Crippen molar-refractivity contribution < 1.29 is 13.2 Å². The number of halogens is 4. The van der Waals surface area contributed by atoms with Crippen molar-refractivity contribution >= 4 is 23.1 Å². The first-order valence-electron chi connectivity index (χ1n) is 8.32. The SMILES string of the molecule is CCN=C(C)Nc1cc(C)c(C(C#N)c2ccc(C(F)(F)F)cc2)cc1Cl. The molecule has 1 unspecified atom stereocenters. The van der Waals surface area contributed by atoms with Gasteiger partial charge in [0.05, 0.1) is 34.1 Å². The highest BCUT2D eigenvalue weighted by Crippen LogP contribution is 2.35. The number of anilines is 1. The number of aliphatic imine (C=N–C) groups is 1. The van der Waals surface area contributed by atoms with Gasteiger partial charge in [-0.2, -0.15) is 18.4 Å². The second kappa shape index (κ2) is 8.45. The molecule has 0 fully saturated rings. The molecule has 0 amide bonds. The molecule has 27 heavy (non-hydrogen) atoms. The first kappa shape index (κ1) is 20.8. The number of benzene rings is 2. The third-order valence-corrected chi connectivity index (χ3v) is 4.39. The van der Waals surface area contributed by atoms with Crippen LogP contribution < -0.4 is 5.32 Å². The van der Waals surface area contributed by atoms with Crippen molar-refractivity contribution in [2.75, 3.05) is 11.9 Å². The van der Waals surface area contributed by atoms with E-state index in [0.717, 1.165) is 17.7 Å². The van der Waals surface area contributed by atoms with E-state index in [0.29, 0.717) is 34.2 Å². The summed E-state index contributed by atoms with van der Waals surface area (Å²) in [6, 6.07) is 10.3. The average Bonchev–Trinajstić information content (AvgIpc) is 2.59. The van der Waals surface area contributed by atoms with Crippen LogP contribution in [0.25, 0.3) is 0 Å². The number of rotatable bonds is 4. The summed E-state index contributed by atoms with van der Waals surface area (Å²) in [6.07, 6.45) is -4.41. The quantitative estimate of drug-likeness (QED) is 0.498. The molecular formula is C20H19ClF3N3. The zero-order valence-electron chi connectivity index (χ0n) is 15.2. The second-order valence-electron chi connectivity index (χ2n) is 6.06. The Labute approximate surface area is 161 Å². The molecule has 0 aliphatic rings. The molecule has 0 spiro atoms. The van der Waals surface area contributed by atoms with Gasteiger partial charge in [0.2, 0.25) is 0 Å². The molecule has 0 aromatic heterocycles. The Morgan fingerprint density at radius 3 is 2.41 bits per heavy atom.